The van der Waals surface area contributed by atoms with Gasteiger partial charge in [-0.25, -0.2) is 4.98 Å². The summed E-state index contributed by atoms with van der Waals surface area (Å²) in [5.41, 5.74) is 2.93. The van der Waals surface area contributed by atoms with Crippen molar-refractivity contribution in [3.63, 3.8) is 0 Å². The summed E-state index contributed by atoms with van der Waals surface area (Å²) in [6, 6.07) is 10.2. The van der Waals surface area contributed by atoms with Gasteiger partial charge in [-0.15, -0.1) is 11.3 Å². The van der Waals surface area contributed by atoms with Gasteiger partial charge in [-0.2, -0.15) is 0 Å². The van der Waals surface area contributed by atoms with Crippen LogP contribution in [0.15, 0.2) is 59.5 Å². The average Bonchev–Trinajstić information content (AvgIpc) is 3.27. The number of hydrogen-bond donors (Lipinski definition) is 2. The third kappa shape index (κ3) is 7.76. The van der Waals surface area contributed by atoms with Crippen molar-refractivity contribution in [2.45, 2.75) is 44.9 Å². The molecule has 1 aliphatic rings. The highest BCUT2D eigenvalue weighted by Crippen LogP contribution is 2.24. The van der Waals surface area contributed by atoms with Crippen LogP contribution in [-0.4, -0.2) is 30.8 Å². The highest BCUT2D eigenvalue weighted by molar-refractivity contribution is 7.14. The van der Waals surface area contributed by atoms with E-state index in [0.717, 1.165) is 73.6 Å². The monoisotopic (exact) mass is 425 g/mol. The van der Waals surface area contributed by atoms with Crippen molar-refractivity contribution in [2.75, 3.05) is 25.2 Å². The van der Waals surface area contributed by atoms with E-state index in [0.29, 0.717) is 6.73 Å². The first-order chi connectivity index (χ1) is 14.8. The highest BCUT2D eigenvalue weighted by atomic mass is 32.1. The van der Waals surface area contributed by atoms with Crippen LogP contribution < -0.4 is 10.6 Å². The average molecular weight is 426 g/mol. The Morgan fingerprint density at radius 2 is 1.90 bits per heavy atom. The topological polar surface area (TPSA) is 63.2 Å². The van der Waals surface area contributed by atoms with Gasteiger partial charge in [0.1, 0.15) is 6.73 Å². The number of amides is 1. The molecule has 0 bridgehead atoms. The molecule has 5 nitrogen and oxygen atoms in total. The minimum Gasteiger partial charge on any atom is -0.361 e. The minimum absolute atomic E-state index is 0.0583. The van der Waals surface area contributed by atoms with Crippen molar-refractivity contribution in [1.29, 1.82) is 0 Å². The maximum atomic E-state index is 12.0. The minimum atomic E-state index is 0.0583. The number of allylic oxidation sites excluding steroid dienone is 2. The Kier molecular flexibility index (Phi) is 9.63. The molecule has 2 N–H and O–H groups in total. The van der Waals surface area contributed by atoms with Gasteiger partial charge < -0.3 is 15.4 Å². The third-order valence-electron chi connectivity index (χ3n) is 4.91. The predicted molar refractivity (Wildman–Crippen MR) is 125 cm³/mol. The van der Waals surface area contributed by atoms with Crippen molar-refractivity contribution in [3.8, 4) is 11.3 Å². The summed E-state index contributed by atoms with van der Waals surface area (Å²) in [5, 5.41) is 9.17. The SMILES string of the molecule is O=C(NCCCCCCCOCNc1nc(-c2ccccc2)cs1)C1=CCCC=C1. The number of benzene rings is 1. The van der Waals surface area contributed by atoms with Crippen molar-refractivity contribution in [3.05, 3.63) is 59.5 Å². The molecule has 0 aliphatic heterocycles. The molecule has 0 atom stereocenters. The number of ether oxygens (including phenoxy) is 1. The normalized spacial score (nSPS) is 13.1. The molecule has 3 rings (SSSR count). The Balaban J connectivity index is 1.15. The number of unbranched alkanes of at least 4 members (excludes halogenated alkanes) is 4. The zero-order valence-electron chi connectivity index (χ0n) is 17.4. The molecule has 2 aromatic rings. The zero-order chi connectivity index (χ0) is 20.9. The molecule has 0 unspecified atom stereocenters. The fraction of sp³-hybridized carbons (Fsp3) is 0.417. The molecule has 1 aromatic carbocycles. The molecule has 1 heterocycles. The van der Waals surface area contributed by atoms with Gasteiger partial charge in [0.25, 0.3) is 5.91 Å². The number of thiazole rings is 1. The van der Waals surface area contributed by atoms with Gasteiger partial charge in [0.15, 0.2) is 5.13 Å². The van der Waals surface area contributed by atoms with Crippen LogP contribution in [0.4, 0.5) is 5.13 Å². The lowest BCUT2D eigenvalue weighted by Crippen LogP contribution is -2.25. The van der Waals surface area contributed by atoms with Crippen LogP contribution in [0.25, 0.3) is 11.3 Å². The highest BCUT2D eigenvalue weighted by Gasteiger charge is 2.07. The van der Waals surface area contributed by atoms with Crippen molar-refractivity contribution < 1.29 is 9.53 Å². The predicted octanol–water partition coefficient (Wildman–Crippen LogP) is 5.54. The van der Waals surface area contributed by atoms with Crippen LogP contribution >= 0.6 is 11.3 Å². The molecule has 0 saturated carbocycles. The Morgan fingerprint density at radius 1 is 1.07 bits per heavy atom. The smallest absolute Gasteiger partial charge is 0.250 e. The molecule has 6 heteroatoms. The van der Waals surface area contributed by atoms with Gasteiger partial charge >= 0.3 is 0 Å². The van der Waals surface area contributed by atoms with E-state index in [1.165, 1.54) is 6.42 Å². The van der Waals surface area contributed by atoms with Crippen LogP contribution in [-0.2, 0) is 9.53 Å². The summed E-state index contributed by atoms with van der Waals surface area (Å²) >= 11 is 1.60. The second-order valence-electron chi connectivity index (χ2n) is 7.30. The number of nitrogens with one attached hydrogen (secondary N) is 2. The zero-order valence-corrected chi connectivity index (χ0v) is 18.3. The van der Waals surface area contributed by atoms with Crippen molar-refractivity contribution in [1.82, 2.24) is 10.3 Å². The molecular formula is C24H31N3O2S. The molecule has 1 aliphatic carbocycles. The first kappa shape index (κ1) is 22.2. The Labute approximate surface area is 183 Å². The van der Waals surface area contributed by atoms with Crippen LogP contribution in [0.3, 0.4) is 0 Å². The van der Waals surface area contributed by atoms with Gasteiger partial charge in [-0.1, -0.05) is 67.8 Å². The number of anilines is 1. The largest absolute Gasteiger partial charge is 0.361 e. The molecule has 0 fully saturated rings. The second kappa shape index (κ2) is 13.0. The maximum Gasteiger partial charge on any atom is 0.250 e. The Hall–Kier alpha value is -2.44. The van der Waals surface area contributed by atoms with Crippen LogP contribution in [0.1, 0.15) is 44.9 Å². The molecule has 1 aromatic heterocycles. The summed E-state index contributed by atoms with van der Waals surface area (Å²) in [7, 11) is 0. The molecule has 0 radical (unpaired) electrons. The summed E-state index contributed by atoms with van der Waals surface area (Å²) in [6.07, 6.45) is 13.5. The van der Waals surface area contributed by atoms with Crippen LogP contribution in [0.2, 0.25) is 0 Å². The Morgan fingerprint density at radius 3 is 2.73 bits per heavy atom. The van der Waals surface area contributed by atoms with E-state index in [1.54, 1.807) is 11.3 Å². The van der Waals surface area contributed by atoms with E-state index < -0.39 is 0 Å². The first-order valence-corrected chi connectivity index (χ1v) is 11.7. The fourth-order valence-corrected chi connectivity index (χ4v) is 3.93. The summed E-state index contributed by atoms with van der Waals surface area (Å²) < 4.78 is 5.66. The van der Waals surface area contributed by atoms with Gasteiger partial charge in [0.2, 0.25) is 0 Å². The van der Waals surface area contributed by atoms with E-state index >= 15 is 0 Å². The lowest BCUT2D eigenvalue weighted by molar-refractivity contribution is -0.117. The van der Waals surface area contributed by atoms with E-state index in [4.69, 9.17) is 4.74 Å². The van der Waals surface area contributed by atoms with Crippen molar-refractivity contribution >= 4 is 22.4 Å². The van der Waals surface area contributed by atoms with Crippen LogP contribution in [0.5, 0.6) is 0 Å². The lowest BCUT2D eigenvalue weighted by Gasteiger charge is -2.08. The third-order valence-corrected chi connectivity index (χ3v) is 5.71. The Bertz CT molecular complexity index is 830. The molecule has 0 saturated heterocycles. The molecule has 0 spiro atoms. The van der Waals surface area contributed by atoms with Crippen molar-refractivity contribution in [2.24, 2.45) is 0 Å². The number of rotatable bonds is 13. The van der Waals surface area contributed by atoms with E-state index in [1.807, 2.05) is 30.4 Å². The summed E-state index contributed by atoms with van der Waals surface area (Å²) in [5.74, 6) is 0.0583. The number of carbonyl (C=O) groups excluding carboxylic acids is 1. The number of nitrogens with zero attached hydrogens (tertiary/aromatic N) is 1. The summed E-state index contributed by atoms with van der Waals surface area (Å²) in [6.45, 7) is 1.99. The standard InChI is InChI=1S/C24H31N3O2S/c28-23(21-14-8-5-9-15-21)25-16-10-2-1-3-11-17-29-19-26-24-27-22(18-30-24)20-12-6-4-7-13-20/h4,6-8,12-15,18H,1-3,5,9-11,16-17,19H2,(H,25,28)(H,26,27). The molecule has 160 valence electrons. The van der Waals surface area contributed by atoms with E-state index in [9.17, 15) is 4.79 Å². The van der Waals surface area contributed by atoms with E-state index in [2.05, 4.69) is 39.2 Å². The lowest BCUT2D eigenvalue weighted by atomic mass is 10.1. The number of aromatic nitrogens is 1. The van der Waals surface area contributed by atoms with Gasteiger partial charge in [0, 0.05) is 29.7 Å². The molecule has 1 amide bonds. The second-order valence-corrected chi connectivity index (χ2v) is 8.15. The number of hydrogen-bond acceptors (Lipinski definition) is 5. The summed E-state index contributed by atoms with van der Waals surface area (Å²) in [4.78, 5) is 16.5. The van der Waals surface area contributed by atoms with E-state index in [-0.39, 0.29) is 5.91 Å². The number of carbonyl (C=O) groups is 1. The van der Waals surface area contributed by atoms with Crippen LogP contribution in [0, 0.1) is 0 Å². The van der Waals surface area contributed by atoms with Gasteiger partial charge in [-0.3, -0.25) is 4.79 Å². The quantitative estimate of drug-likeness (QED) is 0.327. The molecular weight excluding hydrogens is 394 g/mol. The maximum absolute atomic E-state index is 12.0. The fourth-order valence-electron chi connectivity index (χ4n) is 3.23. The van der Waals surface area contributed by atoms with Gasteiger partial charge in [-0.05, 0) is 25.7 Å². The first-order valence-electron chi connectivity index (χ1n) is 10.8. The van der Waals surface area contributed by atoms with Gasteiger partial charge in [0.05, 0.1) is 5.69 Å². The molecule has 30 heavy (non-hydrogen) atoms.